The predicted octanol–water partition coefficient (Wildman–Crippen LogP) is 3.37. The number of rotatable bonds is 12. The van der Waals surface area contributed by atoms with E-state index in [9.17, 15) is 0 Å². The number of aliphatic imine (C=N–C) groups is 1. The van der Waals surface area contributed by atoms with Crippen molar-refractivity contribution in [3.05, 3.63) is 23.8 Å². The summed E-state index contributed by atoms with van der Waals surface area (Å²) in [6.45, 7) is 12.1. The van der Waals surface area contributed by atoms with E-state index < -0.39 is 0 Å². The average molecular weight is 436 g/mol. The quantitative estimate of drug-likeness (QED) is 0.298. The fraction of sp³-hybridized carbons (Fsp3) is 0.708. The summed E-state index contributed by atoms with van der Waals surface area (Å²) in [4.78, 5) is 4.82. The highest BCUT2D eigenvalue weighted by atomic mass is 16.5. The van der Waals surface area contributed by atoms with Gasteiger partial charge in [0.15, 0.2) is 17.5 Å². The molecule has 0 spiro atoms. The molecule has 176 valence electrons. The van der Waals surface area contributed by atoms with Crippen LogP contribution in [0.15, 0.2) is 23.2 Å². The van der Waals surface area contributed by atoms with Gasteiger partial charge < -0.3 is 29.6 Å². The molecule has 0 bridgehead atoms. The number of nitrogens with zero attached hydrogens (tertiary/aromatic N) is 1. The van der Waals surface area contributed by atoms with Gasteiger partial charge in [-0.2, -0.15) is 0 Å². The highest BCUT2D eigenvalue weighted by molar-refractivity contribution is 5.79. The maximum atomic E-state index is 5.85. The summed E-state index contributed by atoms with van der Waals surface area (Å²) in [5.74, 6) is 2.96. The third-order valence-corrected chi connectivity index (χ3v) is 5.59. The summed E-state index contributed by atoms with van der Waals surface area (Å²) in [6, 6.07) is 6.06. The predicted molar refractivity (Wildman–Crippen MR) is 126 cm³/mol. The second kappa shape index (κ2) is 13.4. The molecule has 0 aliphatic carbocycles. The van der Waals surface area contributed by atoms with Crippen LogP contribution in [-0.4, -0.2) is 66.2 Å². The average Bonchev–Trinajstić information content (AvgIpc) is 2.79. The van der Waals surface area contributed by atoms with Gasteiger partial charge in [-0.05, 0) is 49.8 Å². The Kier molecular flexibility index (Phi) is 10.9. The van der Waals surface area contributed by atoms with E-state index in [2.05, 4.69) is 37.5 Å². The first-order valence-electron chi connectivity index (χ1n) is 11.4. The number of hydrogen-bond donors (Lipinski definition) is 2. The van der Waals surface area contributed by atoms with Crippen molar-refractivity contribution < 1.29 is 18.9 Å². The van der Waals surface area contributed by atoms with Crippen LogP contribution in [0.25, 0.3) is 0 Å². The molecule has 0 radical (unpaired) electrons. The molecular formula is C24H41N3O4. The molecule has 1 fully saturated rings. The summed E-state index contributed by atoms with van der Waals surface area (Å²) in [7, 11) is 3.31. The van der Waals surface area contributed by atoms with Crippen molar-refractivity contribution in [1.29, 1.82) is 0 Å². The Balaban J connectivity index is 1.80. The van der Waals surface area contributed by atoms with E-state index >= 15 is 0 Å². The zero-order valence-corrected chi connectivity index (χ0v) is 20.0. The van der Waals surface area contributed by atoms with Gasteiger partial charge in [-0.3, -0.25) is 4.99 Å². The van der Waals surface area contributed by atoms with E-state index in [0.29, 0.717) is 12.5 Å². The van der Waals surface area contributed by atoms with Gasteiger partial charge in [-0.1, -0.05) is 19.9 Å². The minimum absolute atomic E-state index is 0.144. The molecule has 1 aliphatic heterocycles. The molecule has 0 atom stereocenters. The zero-order chi connectivity index (χ0) is 22.5. The minimum atomic E-state index is -0.144. The second-order valence-corrected chi connectivity index (χ2v) is 8.56. The third kappa shape index (κ3) is 8.57. The fourth-order valence-electron chi connectivity index (χ4n) is 3.51. The third-order valence-electron chi connectivity index (χ3n) is 5.59. The first-order valence-corrected chi connectivity index (χ1v) is 11.4. The van der Waals surface area contributed by atoms with Crippen molar-refractivity contribution in [3.63, 3.8) is 0 Å². The van der Waals surface area contributed by atoms with Crippen LogP contribution in [-0.2, 0) is 14.9 Å². The van der Waals surface area contributed by atoms with E-state index in [4.69, 9.17) is 23.9 Å². The Morgan fingerprint density at radius 2 is 1.87 bits per heavy atom. The molecule has 1 aromatic carbocycles. The number of hydrogen-bond acceptors (Lipinski definition) is 5. The highest BCUT2D eigenvalue weighted by Gasteiger charge is 2.22. The lowest BCUT2D eigenvalue weighted by atomic mass is 9.84. The van der Waals surface area contributed by atoms with Gasteiger partial charge in [-0.25, -0.2) is 0 Å². The summed E-state index contributed by atoms with van der Waals surface area (Å²) in [6.07, 6.45) is 3.18. The molecule has 7 nitrogen and oxygen atoms in total. The molecule has 31 heavy (non-hydrogen) atoms. The standard InChI is InChI=1S/C24H41N3O4/c1-6-25-23(26-12-7-13-31-17-19-10-14-30-15-11-19)27-18-24(2,3)20-8-9-21(28-4)22(16-20)29-5/h8-9,16,19H,6-7,10-15,17-18H2,1-5H3,(H2,25,26,27). The molecule has 7 heteroatoms. The number of benzene rings is 1. The first-order chi connectivity index (χ1) is 15.0. The van der Waals surface area contributed by atoms with Gasteiger partial charge in [0.25, 0.3) is 0 Å². The van der Waals surface area contributed by atoms with Crippen LogP contribution >= 0.6 is 0 Å². The van der Waals surface area contributed by atoms with Crippen molar-refractivity contribution in [2.45, 2.75) is 45.4 Å². The molecule has 0 aromatic heterocycles. The Hall–Kier alpha value is -1.99. The largest absolute Gasteiger partial charge is 0.493 e. The summed E-state index contributed by atoms with van der Waals surface area (Å²) < 4.78 is 22.1. The van der Waals surface area contributed by atoms with Crippen molar-refractivity contribution in [3.8, 4) is 11.5 Å². The van der Waals surface area contributed by atoms with Gasteiger partial charge in [0.05, 0.1) is 20.8 Å². The monoisotopic (exact) mass is 435 g/mol. The molecule has 0 unspecified atom stereocenters. The molecule has 1 saturated heterocycles. The van der Waals surface area contributed by atoms with Crippen LogP contribution < -0.4 is 20.1 Å². The van der Waals surface area contributed by atoms with Crippen LogP contribution in [0.1, 0.15) is 45.6 Å². The Morgan fingerprint density at radius 1 is 1.13 bits per heavy atom. The Labute approximate surface area is 187 Å². The van der Waals surface area contributed by atoms with Crippen LogP contribution in [0, 0.1) is 5.92 Å². The van der Waals surface area contributed by atoms with E-state index in [1.165, 1.54) is 0 Å². The number of guanidine groups is 1. The second-order valence-electron chi connectivity index (χ2n) is 8.56. The van der Waals surface area contributed by atoms with Crippen molar-refractivity contribution in [2.24, 2.45) is 10.9 Å². The number of methoxy groups -OCH3 is 2. The van der Waals surface area contributed by atoms with E-state index in [-0.39, 0.29) is 5.41 Å². The molecule has 2 N–H and O–H groups in total. The molecule has 1 heterocycles. The zero-order valence-electron chi connectivity index (χ0n) is 20.0. The van der Waals surface area contributed by atoms with E-state index in [0.717, 1.165) is 81.8 Å². The normalized spacial score (nSPS) is 15.6. The molecule has 1 aliphatic rings. The van der Waals surface area contributed by atoms with Gasteiger partial charge >= 0.3 is 0 Å². The van der Waals surface area contributed by atoms with Crippen molar-refractivity contribution in [2.75, 3.05) is 60.3 Å². The van der Waals surface area contributed by atoms with Gasteiger partial charge in [-0.15, -0.1) is 0 Å². The first kappa shape index (κ1) is 25.3. The molecule has 1 aromatic rings. The topological polar surface area (TPSA) is 73.3 Å². The van der Waals surface area contributed by atoms with Crippen LogP contribution in [0.2, 0.25) is 0 Å². The maximum Gasteiger partial charge on any atom is 0.191 e. The summed E-state index contributed by atoms with van der Waals surface area (Å²) >= 11 is 0. The van der Waals surface area contributed by atoms with Crippen molar-refractivity contribution in [1.82, 2.24) is 10.6 Å². The van der Waals surface area contributed by atoms with Crippen LogP contribution in [0.5, 0.6) is 11.5 Å². The van der Waals surface area contributed by atoms with Gasteiger partial charge in [0.2, 0.25) is 0 Å². The van der Waals surface area contributed by atoms with E-state index in [1.54, 1.807) is 14.2 Å². The molecule has 0 amide bonds. The maximum absolute atomic E-state index is 5.85. The number of nitrogens with one attached hydrogen (secondary N) is 2. The Bertz CT molecular complexity index is 673. The molecule has 0 saturated carbocycles. The lowest BCUT2D eigenvalue weighted by Gasteiger charge is -2.25. The highest BCUT2D eigenvalue weighted by Crippen LogP contribution is 2.33. The minimum Gasteiger partial charge on any atom is -0.493 e. The van der Waals surface area contributed by atoms with E-state index in [1.807, 2.05) is 12.1 Å². The van der Waals surface area contributed by atoms with Crippen molar-refractivity contribution >= 4 is 5.96 Å². The molecular weight excluding hydrogens is 394 g/mol. The fourth-order valence-corrected chi connectivity index (χ4v) is 3.51. The smallest absolute Gasteiger partial charge is 0.191 e. The van der Waals surface area contributed by atoms with Crippen LogP contribution in [0.3, 0.4) is 0 Å². The lowest BCUT2D eigenvalue weighted by Crippen LogP contribution is -2.39. The van der Waals surface area contributed by atoms with Gasteiger partial charge in [0.1, 0.15) is 0 Å². The molecule has 2 rings (SSSR count). The van der Waals surface area contributed by atoms with Crippen LogP contribution in [0.4, 0.5) is 0 Å². The Morgan fingerprint density at radius 3 is 2.55 bits per heavy atom. The lowest BCUT2D eigenvalue weighted by molar-refractivity contribution is 0.0203. The summed E-state index contributed by atoms with van der Waals surface area (Å²) in [5.41, 5.74) is 1.01. The number of ether oxygens (including phenoxy) is 4. The SMILES string of the molecule is CCNC(=NCC(C)(C)c1ccc(OC)c(OC)c1)NCCCOCC1CCOCC1. The van der Waals surface area contributed by atoms with Gasteiger partial charge in [0, 0.05) is 44.9 Å². The summed E-state index contributed by atoms with van der Waals surface area (Å²) in [5, 5.41) is 6.75.